The normalized spacial score (nSPS) is 11.6. The third kappa shape index (κ3) is 5.32. The summed E-state index contributed by atoms with van der Waals surface area (Å²) in [4.78, 5) is 35.8. The van der Waals surface area contributed by atoms with Crippen LogP contribution in [-0.2, 0) is 11.2 Å². The molecule has 1 aromatic carbocycles. The summed E-state index contributed by atoms with van der Waals surface area (Å²) >= 11 is 1.37. The number of urea groups is 1. The molecule has 2 rings (SSSR count). The van der Waals surface area contributed by atoms with E-state index >= 15 is 0 Å². The van der Waals surface area contributed by atoms with Gasteiger partial charge in [0.05, 0.1) is 5.56 Å². The molecule has 6 N–H and O–H groups in total. The van der Waals surface area contributed by atoms with Crippen LogP contribution in [0.2, 0.25) is 0 Å². The van der Waals surface area contributed by atoms with Crippen LogP contribution >= 0.6 is 11.3 Å². The van der Waals surface area contributed by atoms with Gasteiger partial charge in [0.2, 0.25) is 5.91 Å². The molecule has 0 fully saturated rings. The Kier molecular flexibility index (Phi) is 6.74. The first-order valence-electron chi connectivity index (χ1n) is 8.24. The van der Waals surface area contributed by atoms with Gasteiger partial charge in [-0.2, -0.15) is 0 Å². The Balaban J connectivity index is 2.24. The van der Waals surface area contributed by atoms with Crippen LogP contribution in [0.1, 0.15) is 40.6 Å². The molecule has 4 amide bonds. The standard InChI is InChI=1S/C18H22N4O3S/c1-2-6-14(16(24)22-18(20)25)21-17-13(15(19)23)10-12(26-17)9-11-7-4-3-5-8-11/h3-5,7-8,10,14,21H,2,6,9H2,1H3,(H2,19,23)(H3,20,22,24,25). The topological polar surface area (TPSA) is 127 Å². The maximum Gasteiger partial charge on any atom is 0.318 e. The van der Waals surface area contributed by atoms with Gasteiger partial charge in [0.1, 0.15) is 11.0 Å². The van der Waals surface area contributed by atoms with Crippen LogP contribution in [0.4, 0.5) is 9.80 Å². The summed E-state index contributed by atoms with van der Waals surface area (Å²) in [7, 11) is 0. The number of anilines is 1. The van der Waals surface area contributed by atoms with Gasteiger partial charge in [0.25, 0.3) is 5.91 Å². The van der Waals surface area contributed by atoms with Crippen LogP contribution in [0.5, 0.6) is 0 Å². The molecule has 1 unspecified atom stereocenters. The number of amides is 4. The molecule has 0 radical (unpaired) electrons. The van der Waals surface area contributed by atoms with Gasteiger partial charge in [-0.05, 0) is 18.1 Å². The lowest BCUT2D eigenvalue weighted by atomic mass is 10.1. The van der Waals surface area contributed by atoms with Crippen molar-refractivity contribution in [1.82, 2.24) is 5.32 Å². The number of rotatable bonds is 8. The number of thiophene rings is 1. The van der Waals surface area contributed by atoms with E-state index < -0.39 is 23.9 Å². The minimum atomic E-state index is -0.913. The highest BCUT2D eigenvalue weighted by atomic mass is 32.1. The third-order valence-electron chi connectivity index (χ3n) is 3.72. The summed E-state index contributed by atoms with van der Waals surface area (Å²) in [5.41, 5.74) is 11.9. The van der Waals surface area contributed by atoms with Crippen molar-refractivity contribution in [3.63, 3.8) is 0 Å². The van der Waals surface area contributed by atoms with Gasteiger partial charge in [-0.15, -0.1) is 11.3 Å². The monoisotopic (exact) mass is 374 g/mol. The highest BCUT2D eigenvalue weighted by Crippen LogP contribution is 2.30. The number of hydrogen-bond acceptors (Lipinski definition) is 5. The first-order valence-corrected chi connectivity index (χ1v) is 9.05. The fourth-order valence-electron chi connectivity index (χ4n) is 2.54. The second-order valence-electron chi connectivity index (χ2n) is 5.82. The summed E-state index contributed by atoms with van der Waals surface area (Å²) in [5, 5.41) is 5.62. The summed E-state index contributed by atoms with van der Waals surface area (Å²) in [5.74, 6) is -1.11. The Bertz CT molecular complexity index is 789. The average molecular weight is 374 g/mol. The lowest BCUT2D eigenvalue weighted by molar-refractivity contribution is -0.120. The first kappa shape index (κ1) is 19.5. The average Bonchev–Trinajstić information content (AvgIpc) is 2.97. The molecular formula is C18H22N4O3S. The third-order valence-corrected chi connectivity index (χ3v) is 4.78. The van der Waals surface area contributed by atoms with E-state index in [1.54, 1.807) is 6.07 Å². The summed E-state index contributed by atoms with van der Waals surface area (Å²) in [6, 6.07) is 9.96. The second kappa shape index (κ2) is 9.00. The van der Waals surface area contributed by atoms with Crippen molar-refractivity contribution in [3.8, 4) is 0 Å². The number of imide groups is 1. The van der Waals surface area contributed by atoms with Crippen LogP contribution < -0.4 is 22.1 Å². The molecule has 26 heavy (non-hydrogen) atoms. The minimum absolute atomic E-state index is 0.328. The van der Waals surface area contributed by atoms with E-state index in [2.05, 4.69) is 10.6 Å². The zero-order valence-electron chi connectivity index (χ0n) is 14.5. The Hall–Kier alpha value is -2.87. The van der Waals surface area contributed by atoms with Crippen LogP contribution in [0.15, 0.2) is 36.4 Å². The van der Waals surface area contributed by atoms with Gasteiger partial charge >= 0.3 is 6.03 Å². The molecule has 0 bridgehead atoms. The molecular weight excluding hydrogens is 352 g/mol. The van der Waals surface area contributed by atoms with E-state index in [9.17, 15) is 14.4 Å². The first-order chi connectivity index (χ1) is 12.4. The van der Waals surface area contributed by atoms with E-state index in [-0.39, 0.29) is 0 Å². The molecule has 2 aromatic rings. The van der Waals surface area contributed by atoms with Gasteiger partial charge in [0.15, 0.2) is 0 Å². The van der Waals surface area contributed by atoms with Crippen LogP contribution in [-0.4, -0.2) is 23.9 Å². The molecule has 0 spiro atoms. The fourth-order valence-corrected chi connectivity index (χ4v) is 3.69. The number of primary amides is 2. The van der Waals surface area contributed by atoms with Crippen molar-refractivity contribution in [2.24, 2.45) is 11.5 Å². The number of carbonyl (C=O) groups is 3. The molecule has 7 nitrogen and oxygen atoms in total. The van der Waals surface area contributed by atoms with Gasteiger partial charge in [0, 0.05) is 11.3 Å². The fraction of sp³-hybridized carbons (Fsp3) is 0.278. The summed E-state index contributed by atoms with van der Waals surface area (Å²) in [6.07, 6.45) is 1.83. The van der Waals surface area contributed by atoms with Crippen molar-refractivity contribution >= 4 is 34.2 Å². The van der Waals surface area contributed by atoms with E-state index in [1.807, 2.05) is 37.3 Å². The van der Waals surface area contributed by atoms with E-state index in [0.29, 0.717) is 29.8 Å². The maximum atomic E-state index is 12.1. The number of nitrogens with two attached hydrogens (primary N) is 2. The molecule has 1 heterocycles. The van der Waals surface area contributed by atoms with E-state index in [4.69, 9.17) is 11.5 Å². The lowest BCUT2D eigenvalue weighted by Gasteiger charge is -2.17. The SMILES string of the molecule is CCCC(Nc1sc(Cc2ccccc2)cc1C(N)=O)C(=O)NC(N)=O. The molecule has 1 atom stereocenters. The molecule has 0 aliphatic carbocycles. The Morgan fingerprint density at radius 1 is 1.15 bits per heavy atom. The van der Waals surface area contributed by atoms with Gasteiger partial charge in [-0.3, -0.25) is 14.9 Å². The second-order valence-corrected chi connectivity index (χ2v) is 6.96. The van der Waals surface area contributed by atoms with Crippen LogP contribution in [0.25, 0.3) is 0 Å². The van der Waals surface area contributed by atoms with Gasteiger partial charge < -0.3 is 16.8 Å². The molecule has 0 aliphatic heterocycles. The van der Waals surface area contributed by atoms with Gasteiger partial charge in [-0.1, -0.05) is 43.7 Å². The highest BCUT2D eigenvalue weighted by Gasteiger charge is 2.22. The summed E-state index contributed by atoms with van der Waals surface area (Å²) in [6.45, 7) is 1.91. The van der Waals surface area contributed by atoms with Crippen molar-refractivity contribution < 1.29 is 14.4 Å². The van der Waals surface area contributed by atoms with Crippen LogP contribution in [0, 0.1) is 0 Å². The number of carbonyl (C=O) groups excluding carboxylic acids is 3. The predicted octanol–water partition coefficient (Wildman–Crippen LogP) is 2.21. The van der Waals surface area contributed by atoms with E-state index in [0.717, 1.165) is 10.4 Å². The van der Waals surface area contributed by atoms with Crippen molar-refractivity contribution in [1.29, 1.82) is 0 Å². The number of hydrogen-bond donors (Lipinski definition) is 4. The number of nitrogens with one attached hydrogen (secondary N) is 2. The zero-order valence-corrected chi connectivity index (χ0v) is 15.3. The zero-order chi connectivity index (χ0) is 19.1. The predicted molar refractivity (Wildman–Crippen MR) is 102 cm³/mol. The molecule has 8 heteroatoms. The Morgan fingerprint density at radius 3 is 2.42 bits per heavy atom. The Labute approximate surface area is 155 Å². The number of benzene rings is 1. The smallest absolute Gasteiger partial charge is 0.318 e. The van der Waals surface area contributed by atoms with Gasteiger partial charge in [-0.25, -0.2) is 4.79 Å². The molecule has 0 saturated heterocycles. The molecule has 0 saturated carbocycles. The van der Waals surface area contributed by atoms with Crippen molar-refractivity contribution in [2.45, 2.75) is 32.2 Å². The summed E-state index contributed by atoms with van der Waals surface area (Å²) < 4.78 is 0. The molecule has 0 aliphatic rings. The lowest BCUT2D eigenvalue weighted by Crippen LogP contribution is -2.44. The molecule has 138 valence electrons. The minimum Gasteiger partial charge on any atom is -0.366 e. The molecule has 1 aromatic heterocycles. The van der Waals surface area contributed by atoms with Crippen molar-refractivity contribution in [3.05, 3.63) is 52.4 Å². The van der Waals surface area contributed by atoms with Crippen LogP contribution in [0.3, 0.4) is 0 Å². The Morgan fingerprint density at radius 2 is 1.85 bits per heavy atom. The van der Waals surface area contributed by atoms with E-state index in [1.165, 1.54) is 11.3 Å². The highest BCUT2D eigenvalue weighted by molar-refractivity contribution is 7.16. The van der Waals surface area contributed by atoms with Crippen molar-refractivity contribution in [2.75, 3.05) is 5.32 Å². The maximum absolute atomic E-state index is 12.1. The quantitative estimate of drug-likeness (QED) is 0.565. The largest absolute Gasteiger partial charge is 0.366 e.